The minimum atomic E-state index is 0.252. The van der Waals surface area contributed by atoms with E-state index in [1.165, 1.54) is 5.56 Å². The summed E-state index contributed by atoms with van der Waals surface area (Å²) in [6, 6.07) is 29.7. The van der Waals surface area contributed by atoms with Crippen molar-refractivity contribution in [1.29, 1.82) is 5.26 Å². The van der Waals surface area contributed by atoms with Gasteiger partial charge >= 0.3 is 0 Å². The van der Waals surface area contributed by atoms with Gasteiger partial charge in [0.2, 0.25) is 17.5 Å². The van der Waals surface area contributed by atoms with Crippen LogP contribution in [0.5, 0.6) is 5.75 Å². The van der Waals surface area contributed by atoms with Crippen LogP contribution in [0.25, 0.3) is 11.5 Å². The number of aromatic nitrogens is 1. The lowest BCUT2D eigenvalue weighted by Gasteiger charge is -2.06. The van der Waals surface area contributed by atoms with Crippen molar-refractivity contribution in [3.8, 4) is 23.3 Å². The van der Waals surface area contributed by atoms with Crippen LogP contribution < -0.4 is 10.1 Å². The SMILES string of the molecule is N#Cc1nc(-c2ccc(OCc3ccccc3)cc2)oc1NCCc1ccccc1. The molecular formula is C25H21N3O2. The minimum absolute atomic E-state index is 0.252. The van der Waals surface area contributed by atoms with Crippen LogP contribution in [-0.2, 0) is 13.0 Å². The highest BCUT2D eigenvalue weighted by Gasteiger charge is 2.14. The second-order valence-corrected chi connectivity index (χ2v) is 6.77. The summed E-state index contributed by atoms with van der Waals surface area (Å²) in [7, 11) is 0. The van der Waals surface area contributed by atoms with Gasteiger partial charge in [-0.05, 0) is 41.8 Å². The number of hydrogen-bond acceptors (Lipinski definition) is 5. The van der Waals surface area contributed by atoms with Gasteiger partial charge in [-0.1, -0.05) is 60.7 Å². The Kier molecular flexibility index (Phi) is 6.07. The molecule has 4 rings (SSSR count). The van der Waals surface area contributed by atoms with Crippen LogP contribution >= 0.6 is 0 Å². The number of anilines is 1. The van der Waals surface area contributed by atoms with Gasteiger partial charge < -0.3 is 14.5 Å². The highest BCUT2D eigenvalue weighted by molar-refractivity contribution is 5.59. The second-order valence-electron chi connectivity index (χ2n) is 6.77. The highest BCUT2D eigenvalue weighted by Crippen LogP contribution is 2.27. The van der Waals surface area contributed by atoms with Crippen LogP contribution in [0, 0.1) is 11.3 Å². The van der Waals surface area contributed by atoms with Gasteiger partial charge in [0.05, 0.1) is 0 Å². The summed E-state index contributed by atoms with van der Waals surface area (Å²) >= 11 is 0. The lowest BCUT2D eigenvalue weighted by atomic mass is 10.1. The highest BCUT2D eigenvalue weighted by atomic mass is 16.5. The maximum atomic E-state index is 9.38. The topological polar surface area (TPSA) is 71.1 Å². The molecule has 0 aliphatic rings. The Bertz CT molecular complexity index is 1110. The van der Waals surface area contributed by atoms with E-state index >= 15 is 0 Å². The Balaban J connectivity index is 1.39. The predicted octanol–water partition coefficient (Wildman–Crippen LogP) is 5.45. The van der Waals surface area contributed by atoms with E-state index in [4.69, 9.17) is 9.15 Å². The maximum Gasteiger partial charge on any atom is 0.232 e. The van der Waals surface area contributed by atoms with Crippen molar-refractivity contribution in [1.82, 2.24) is 4.98 Å². The average molecular weight is 395 g/mol. The zero-order valence-electron chi connectivity index (χ0n) is 16.4. The molecule has 0 spiro atoms. The number of oxazole rings is 1. The third-order valence-corrected chi connectivity index (χ3v) is 4.62. The van der Waals surface area contributed by atoms with Crippen LogP contribution in [0.15, 0.2) is 89.3 Å². The van der Waals surface area contributed by atoms with Crippen LogP contribution in [0.3, 0.4) is 0 Å². The largest absolute Gasteiger partial charge is 0.489 e. The van der Waals surface area contributed by atoms with Crippen LogP contribution in [0.4, 0.5) is 5.88 Å². The number of nitriles is 1. The van der Waals surface area contributed by atoms with Crippen molar-refractivity contribution in [2.75, 3.05) is 11.9 Å². The number of benzene rings is 3. The number of hydrogen-bond donors (Lipinski definition) is 1. The molecule has 5 nitrogen and oxygen atoms in total. The fourth-order valence-electron chi connectivity index (χ4n) is 3.04. The molecule has 0 bridgehead atoms. The molecule has 0 amide bonds. The Morgan fingerprint density at radius 2 is 1.53 bits per heavy atom. The molecule has 148 valence electrons. The fourth-order valence-corrected chi connectivity index (χ4v) is 3.04. The maximum absolute atomic E-state index is 9.38. The molecule has 0 aliphatic heterocycles. The van der Waals surface area contributed by atoms with E-state index in [9.17, 15) is 5.26 Å². The van der Waals surface area contributed by atoms with E-state index in [0.29, 0.717) is 24.9 Å². The Morgan fingerprint density at radius 3 is 2.20 bits per heavy atom. The molecule has 0 radical (unpaired) electrons. The Labute approximate surface area is 175 Å². The molecule has 0 unspecified atom stereocenters. The van der Waals surface area contributed by atoms with Gasteiger partial charge in [-0.3, -0.25) is 0 Å². The third kappa shape index (κ3) is 4.86. The number of nitrogens with one attached hydrogen (secondary N) is 1. The summed E-state index contributed by atoms with van der Waals surface area (Å²) in [5.41, 5.74) is 3.37. The van der Waals surface area contributed by atoms with E-state index in [-0.39, 0.29) is 5.69 Å². The standard InChI is InChI=1S/C25H21N3O2/c26-17-23-25(27-16-15-19-7-3-1-4-8-19)30-24(28-23)21-11-13-22(14-12-21)29-18-20-9-5-2-6-10-20/h1-14,27H,15-16,18H2. The van der Waals surface area contributed by atoms with Crippen molar-refractivity contribution in [3.63, 3.8) is 0 Å². The van der Waals surface area contributed by atoms with Gasteiger partial charge in [0.15, 0.2) is 0 Å². The molecule has 0 atom stereocenters. The number of rotatable bonds is 8. The summed E-state index contributed by atoms with van der Waals surface area (Å²) < 4.78 is 11.6. The van der Waals surface area contributed by atoms with Crippen molar-refractivity contribution in [3.05, 3.63) is 102 Å². The number of nitrogens with zero attached hydrogens (tertiary/aromatic N) is 2. The van der Waals surface area contributed by atoms with E-state index in [0.717, 1.165) is 23.3 Å². The van der Waals surface area contributed by atoms with E-state index in [1.54, 1.807) is 0 Å². The molecule has 0 aliphatic carbocycles. The smallest absolute Gasteiger partial charge is 0.232 e. The van der Waals surface area contributed by atoms with Gasteiger partial charge in [-0.25, -0.2) is 0 Å². The lowest BCUT2D eigenvalue weighted by molar-refractivity contribution is 0.306. The van der Waals surface area contributed by atoms with Crippen LogP contribution in [0.1, 0.15) is 16.8 Å². The molecule has 4 aromatic rings. The first kappa shape index (κ1) is 19.3. The van der Waals surface area contributed by atoms with Crippen molar-refractivity contribution >= 4 is 5.88 Å². The summed E-state index contributed by atoms with van der Waals surface area (Å²) in [6.45, 7) is 1.16. The first-order valence-electron chi connectivity index (χ1n) is 9.78. The van der Waals surface area contributed by atoms with Crippen LogP contribution in [-0.4, -0.2) is 11.5 Å². The zero-order valence-corrected chi connectivity index (χ0v) is 16.4. The van der Waals surface area contributed by atoms with Crippen LogP contribution in [0.2, 0.25) is 0 Å². The van der Waals surface area contributed by atoms with Gasteiger partial charge in [0.25, 0.3) is 0 Å². The summed E-state index contributed by atoms with van der Waals surface area (Å²) in [4.78, 5) is 4.32. The average Bonchev–Trinajstić information content (AvgIpc) is 3.23. The molecular weight excluding hydrogens is 374 g/mol. The van der Waals surface area contributed by atoms with Crippen molar-refractivity contribution in [2.45, 2.75) is 13.0 Å². The summed E-state index contributed by atoms with van der Waals surface area (Å²) in [5, 5.41) is 12.6. The van der Waals surface area contributed by atoms with Gasteiger partial charge in [-0.15, -0.1) is 0 Å². The fraction of sp³-hybridized carbons (Fsp3) is 0.120. The molecule has 30 heavy (non-hydrogen) atoms. The first-order valence-corrected chi connectivity index (χ1v) is 9.78. The van der Waals surface area contributed by atoms with Crippen molar-refractivity contribution < 1.29 is 9.15 Å². The predicted molar refractivity (Wildman–Crippen MR) is 116 cm³/mol. The Morgan fingerprint density at radius 1 is 0.867 bits per heavy atom. The molecule has 0 saturated carbocycles. The zero-order chi connectivity index (χ0) is 20.6. The normalized spacial score (nSPS) is 10.4. The molecule has 5 heteroatoms. The van der Waals surface area contributed by atoms with E-state index in [2.05, 4.69) is 28.5 Å². The minimum Gasteiger partial charge on any atom is -0.489 e. The first-order chi connectivity index (χ1) is 14.8. The molecule has 1 N–H and O–H groups in total. The van der Waals surface area contributed by atoms with E-state index < -0.39 is 0 Å². The molecule has 3 aromatic carbocycles. The third-order valence-electron chi connectivity index (χ3n) is 4.62. The Hall–Kier alpha value is -4.04. The molecule has 0 fully saturated rings. The molecule has 0 saturated heterocycles. The van der Waals surface area contributed by atoms with Gasteiger partial charge in [0, 0.05) is 12.1 Å². The monoisotopic (exact) mass is 395 g/mol. The van der Waals surface area contributed by atoms with Crippen molar-refractivity contribution in [2.24, 2.45) is 0 Å². The number of ether oxygens (including phenoxy) is 1. The summed E-state index contributed by atoms with van der Waals surface area (Å²) in [5.74, 6) is 1.56. The molecule has 1 aromatic heterocycles. The summed E-state index contributed by atoms with van der Waals surface area (Å²) in [6.07, 6.45) is 0.829. The van der Waals surface area contributed by atoms with E-state index in [1.807, 2.05) is 72.8 Å². The van der Waals surface area contributed by atoms with Gasteiger partial charge in [-0.2, -0.15) is 10.2 Å². The molecule has 1 heterocycles. The quantitative estimate of drug-likeness (QED) is 0.430. The lowest BCUT2D eigenvalue weighted by Crippen LogP contribution is -2.05. The second kappa shape index (κ2) is 9.44. The van der Waals surface area contributed by atoms with Gasteiger partial charge in [0.1, 0.15) is 18.4 Å².